The van der Waals surface area contributed by atoms with E-state index in [9.17, 15) is 9.59 Å². The fourth-order valence-corrected chi connectivity index (χ4v) is 3.37. The molecule has 27 heavy (non-hydrogen) atoms. The quantitative estimate of drug-likeness (QED) is 0.612. The van der Waals surface area contributed by atoms with Gasteiger partial charge in [-0.3, -0.25) is 9.59 Å². The van der Waals surface area contributed by atoms with Gasteiger partial charge in [-0.15, -0.1) is 0 Å². The fourth-order valence-electron chi connectivity index (χ4n) is 3.37. The zero-order chi connectivity index (χ0) is 19.2. The molecule has 3 rings (SSSR count). The molecular formula is C21H26N4O2. The normalized spacial score (nSPS) is 15.0. The molecule has 1 aliphatic carbocycles. The number of hydrogen-bond acceptors (Lipinski definition) is 5. The Labute approximate surface area is 159 Å². The van der Waals surface area contributed by atoms with Crippen molar-refractivity contribution in [3.05, 3.63) is 47.3 Å². The zero-order valence-corrected chi connectivity index (χ0v) is 15.9. The summed E-state index contributed by atoms with van der Waals surface area (Å²) in [5.41, 5.74) is 2.39. The Bertz CT molecular complexity index is 827. The minimum absolute atomic E-state index is 0.00715. The number of amides is 1. The molecule has 0 unspecified atom stereocenters. The molecule has 1 heterocycles. The van der Waals surface area contributed by atoms with Crippen LogP contribution in [0.15, 0.2) is 30.3 Å². The van der Waals surface area contributed by atoms with Crippen LogP contribution >= 0.6 is 0 Å². The van der Waals surface area contributed by atoms with E-state index in [1.54, 1.807) is 24.3 Å². The van der Waals surface area contributed by atoms with Gasteiger partial charge in [-0.25, -0.2) is 9.97 Å². The molecule has 1 aliphatic rings. The van der Waals surface area contributed by atoms with Gasteiger partial charge in [0.1, 0.15) is 5.69 Å². The second-order valence-corrected chi connectivity index (χ2v) is 7.14. The van der Waals surface area contributed by atoms with Gasteiger partial charge >= 0.3 is 0 Å². The number of hydrogen-bond donors (Lipinski definition) is 2. The largest absolute Gasteiger partial charge is 0.348 e. The average Bonchev–Trinajstić information content (AvgIpc) is 2.90. The van der Waals surface area contributed by atoms with E-state index in [-0.39, 0.29) is 17.7 Å². The van der Waals surface area contributed by atoms with E-state index in [4.69, 9.17) is 0 Å². The first kappa shape index (κ1) is 19.0. The van der Waals surface area contributed by atoms with Gasteiger partial charge in [-0.1, -0.05) is 37.8 Å². The number of carbonyl (C=O) groups is 2. The molecule has 6 nitrogen and oxygen atoms in total. The predicted octanol–water partition coefficient (Wildman–Crippen LogP) is 4.18. The summed E-state index contributed by atoms with van der Waals surface area (Å²) in [5, 5.41) is 6.21. The van der Waals surface area contributed by atoms with Gasteiger partial charge in [0.15, 0.2) is 5.78 Å². The summed E-state index contributed by atoms with van der Waals surface area (Å²) >= 11 is 0. The van der Waals surface area contributed by atoms with Crippen LogP contribution in [0.4, 0.5) is 11.6 Å². The lowest BCUT2D eigenvalue weighted by atomic mass is 10.1. The van der Waals surface area contributed by atoms with E-state index in [0.29, 0.717) is 28.6 Å². The van der Waals surface area contributed by atoms with Crippen molar-refractivity contribution < 1.29 is 9.59 Å². The van der Waals surface area contributed by atoms with E-state index in [1.165, 1.54) is 19.8 Å². The molecule has 0 radical (unpaired) electrons. The van der Waals surface area contributed by atoms with E-state index in [0.717, 1.165) is 25.7 Å². The Balaban J connectivity index is 1.74. The molecule has 1 saturated carbocycles. The first-order chi connectivity index (χ1) is 13.0. The Kier molecular flexibility index (Phi) is 6.16. The molecule has 2 aromatic rings. The third-order valence-corrected chi connectivity index (χ3v) is 4.80. The number of ketones is 1. The summed E-state index contributed by atoms with van der Waals surface area (Å²) in [6.07, 6.45) is 6.86. The second-order valence-electron chi connectivity index (χ2n) is 7.14. The number of nitrogens with zero attached hydrogens (tertiary/aromatic N) is 2. The fraction of sp³-hybridized carbons (Fsp3) is 0.429. The average molecular weight is 366 g/mol. The Morgan fingerprint density at radius 2 is 1.78 bits per heavy atom. The van der Waals surface area contributed by atoms with Gasteiger partial charge in [0.2, 0.25) is 5.95 Å². The van der Waals surface area contributed by atoms with Crippen molar-refractivity contribution in [2.24, 2.45) is 0 Å². The topological polar surface area (TPSA) is 84.0 Å². The number of carbonyl (C=O) groups excluding carboxylic acids is 2. The van der Waals surface area contributed by atoms with E-state index in [1.807, 2.05) is 13.0 Å². The van der Waals surface area contributed by atoms with Crippen LogP contribution in [0.5, 0.6) is 0 Å². The van der Waals surface area contributed by atoms with E-state index in [2.05, 4.69) is 20.6 Å². The summed E-state index contributed by atoms with van der Waals surface area (Å²) in [4.78, 5) is 32.9. The minimum atomic E-state index is -0.159. The van der Waals surface area contributed by atoms with Crippen LogP contribution in [-0.4, -0.2) is 27.7 Å². The first-order valence-corrected chi connectivity index (χ1v) is 9.56. The summed E-state index contributed by atoms with van der Waals surface area (Å²) in [5.74, 6) is 0.182. The maximum Gasteiger partial charge on any atom is 0.270 e. The van der Waals surface area contributed by atoms with Gasteiger partial charge in [-0.05, 0) is 44.9 Å². The van der Waals surface area contributed by atoms with Crippen LogP contribution in [-0.2, 0) is 0 Å². The number of rotatable bonds is 5. The smallest absolute Gasteiger partial charge is 0.270 e. The SMILES string of the molecule is CC(=O)c1cccc(Nc2nc(C)cc(C(=O)NC3CCCCCC3)n2)c1. The number of aryl methyl sites for hydroxylation is 1. The first-order valence-electron chi connectivity index (χ1n) is 9.56. The standard InChI is InChI=1S/C21H26N4O2/c1-14-12-19(20(27)23-17-9-5-3-4-6-10-17)25-21(22-14)24-18-11-7-8-16(13-18)15(2)26/h7-8,11-13,17H,3-6,9-10H2,1-2H3,(H,23,27)(H,22,24,25). The van der Waals surface area contributed by atoms with Crippen LogP contribution in [0.25, 0.3) is 0 Å². The van der Waals surface area contributed by atoms with Crippen molar-refractivity contribution in [3.8, 4) is 0 Å². The molecule has 2 N–H and O–H groups in total. The second kappa shape index (κ2) is 8.75. The van der Waals surface area contributed by atoms with Crippen molar-refractivity contribution in [1.82, 2.24) is 15.3 Å². The molecule has 1 amide bonds. The highest BCUT2D eigenvalue weighted by Gasteiger charge is 2.17. The lowest BCUT2D eigenvalue weighted by Gasteiger charge is -2.16. The number of anilines is 2. The molecule has 6 heteroatoms. The summed E-state index contributed by atoms with van der Waals surface area (Å²) < 4.78 is 0. The molecule has 0 saturated heterocycles. The monoisotopic (exact) mass is 366 g/mol. The summed E-state index contributed by atoms with van der Waals surface area (Å²) in [6.45, 7) is 3.36. The maximum absolute atomic E-state index is 12.7. The summed E-state index contributed by atoms with van der Waals surface area (Å²) in [6, 6.07) is 9.07. The van der Waals surface area contributed by atoms with E-state index < -0.39 is 0 Å². The number of nitrogens with one attached hydrogen (secondary N) is 2. The van der Waals surface area contributed by atoms with Crippen molar-refractivity contribution in [2.75, 3.05) is 5.32 Å². The van der Waals surface area contributed by atoms with Crippen molar-refractivity contribution in [1.29, 1.82) is 0 Å². The zero-order valence-electron chi connectivity index (χ0n) is 15.9. The number of benzene rings is 1. The van der Waals surface area contributed by atoms with Crippen LogP contribution in [0.2, 0.25) is 0 Å². The van der Waals surface area contributed by atoms with Crippen LogP contribution in [0.3, 0.4) is 0 Å². The Morgan fingerprint density at radius 1 is 1.04 bits per heavy atom. The van der Waals surface area contributed by atoms with Gasteiger partial charge in [0, 0.05) is 23.0 Å². The molecule has 1 aromatic heterocycles. The molecule has 0 aliphatic heterocycles. The molecule has 0 bridgehead atoms. The van der Waals surface area contributed by atoms with Crippen molar-refractivity contribution in [3.63, 3.8) is 0 Å². The Hall–Kier alpha value is -2.76. The number of Topliss-reactive ketones (excluding diaryl/α,β-unsaturated/α-hetero) is 1. The molecule has 1 fully saturated rings. The van der Waals surface area contributed by atoms with Crippen LogP contribution in [0.1, 0.15) is 72.0 Å². The molecule has 0 spiro atoms. The summed E-state index contributed by atoms with van der Waals surface area (Å²) in [7, 11) is 0. The van der Waals surface area contributed by atoms with Gasteiger partial charge < -0.3 is 10.6 Å². The van der Waals surface area contributed by atoms with Crippen molar-refractivity contribution >= 4 is 23.3 Å². The van der Waals surface area contributed by atoms with Gasteiger partial charge in [0.25, 0.3) is 5.91 Å². The molecule has 1 aromatic carbocycles. The highest BCUT2D eigenvalue weighted by molar-refractivity contribution is 5.95. The molecule has 142 valence electrons. The highest BCUT2D eigenvalue weighted by atomic mass is 16.2. The lowest BCUT2D eigenvalue weighted by molar-refractivity contribution is 0.0927. The Morgan fingerprint density at radius 3 is 2.48 bits per heavy atom. The minimum Gasteiger partial charge on any atom is -0.348 e. The third-order valence-electron chi connectivity index (χ3n) is 4.80. The third kappa shape index (κ3) is 5.36. The van der Waals surface area contributed by atoms with Crippen LogP contribution in [0, 0.1) is 6.92 Å². The molecular weight excluding hydrogens is 340 g/mol. The van der Waals surface area contributed by atoms with Gasteiger partial charge in [0.05, 0.1) is 0 Å². The lowest BCUT2D eigenvalue weighted by Crippen LogP contribution is -2.35. The van der Waals surface area contributed by atoms with Gasteiger partial charge in [-0.2, -0.15) is 0 Å². The highest BCUT2D eigenvalue weighted by Crippen LogP contribution is 2.19. The van der Waals surface area contributed by atoms with Crippen LogP contribution < -0.4 is 10.6 Å². The van der Waals surface area contributed by atoms with E-state index >= 15 is 0 Å². The van der Waals surface area contributed by atoms with Crippen molar-refractivity contribution in [2.45, 2.75) is 58.4 Å². The maximum atomic E-state index is 12.7. The predicted molar refractivity (Wildman–Crippen MR) is 105 cm³/mol. The number of aromatic nitrogens is 2. The molecule has 0 atom stereocenters.